The zero-order valence-electron chi connectivity index (χ0n) is 82.5. The molecule has 0 saturated heterocycles. The van der Waals surface area contributed by atoms with Crippen LogP contribution in [0.3, 0.4) is 0 Å². The summed E-state index contributed by atoms with van der Waals surface area (Å²) in [6, 6.07) is 0. The topological polar surface area (TPSA) is 0 Å². The van der Waals surface area contributed by atoms with Crippen molar-refractivity contribution < 1.29 is 105 Å². The van der Waals surface area contributed by atoms with Gasteiger partial charge < -0.3 is 0 Å². The summed E-state index contributed by atoms with van der Waals surface area (Å²) in [4.78, 5) is 0. The van der Waals surface area contributed by atoms with Crippen LogP contribution >= 0.6 is 0 Å². The zero-order valence-corrected chi connectivity index (χ0v) is 82.5. The molecule has 0 aliphatic rings. The molecule has 0 saturated carbocycles. The molecule has 0 aromatic heterocycles. The van der Waals surface area contributed by atoms with Gasteiger partial charge in [0.2, 0.25) is 0 Å². The van der Waals surface area contributed by atoms with Gasteiger partial charge >= 0.3 is 49.4 Å². The van der Waals surface area contributed by atoms with E-state index in [1.54, 1.807) is 83.1 Å². The largest absolute Gasteiger partial charge is 0.395 e. The van der Waals surface area contributed by atoms with Crippen LogP contribution in [0.25, 0.3) is 0 Å². The number of alkyl halides is 24. The second-order valence-corrected chi connectivity index (χ2v) is 39.1. The molecule has 724 valence electrons. The lowest BCUT2D eigenvalue weighted by molar-refractivity contribution is -0.275. The van der Waals surface area contributed by atoms with E-state index in [9.17, 15) is 105 Å². The second kappa shape index (κ2) is 52.6. The molecule has 118 heavy (non-hydrogen) atoms. The molecule has 6 atom stereocenters. The van der Waals surface area contributed by atoms with Crippen LogP contribution in [0, 0.1) is 143 Å². The molecule has 0 aliphatic carbocycles. The van der Waals surface area contributed by atoms with E-state index >= 15 is 0 Å². The Labute approximate surface area is 708 Å². The maximum Gasteiger partial charge on any atom is 0.395 e. The smallest absolute Gasteiger partial charge is 0.171 e. The molecule has 0 N–H and O–H groups in total. The summed E-state index contributed by atoms with van der Waals surface area (Å²) in [7, 11) is 0. The van der Waals surface area contributed by atoms with Gasteiger partial charge in [0.15, 0.2) is 0 Å². The van der Waals surface area contributed by atoms with Crippen LogP contribution in [0.2, 0.25) is 0 Å². The predicted molar refractivity (Wildman–Crippen MR) is 452 cm³/mol. The highest BCUT2D eigenvalue weighted by molar-refractivity contribution is 5.01. The molecule has 0 aliphatic heterocycles. The first-order chi connectivity index (χ1) is 52.2. The van der Waals surface area contributed by atoms with E-state index in [1.807, 2.05) is 159 Å². The molecule has 0 nitrogen and oxygen atoms in total. The molecule has 0 spiro atoms. The number of halogens is 24. The lowest BCUT2D eigenvalue weighted by Gasteiger charge is -2.49. The van der Waals surface area contributed by atoms with E-state index in [2.05, 4.69) is 0 Å². The predicted octanol–water partition coefficient (Wildman–Crippen LogP) is 39.4. The summed E-state index contributed by atoms with van der Waals surface area (Å²) < 4.78 is 314. The lowest BCUT2D eigenvalue weighted by Crippen LogP contribution is -2.51. The minimum absolute atomic E-state index is 0.0361. The molecule has 0 fully saturated rings. The van der Waals surface area contributed by atoms with Crippen LogP contribution in [0.5, 0.6) is 0 Å². The SMILES string of the molecule is CC(C)C(C(C)C)[C@](C)(C(C)C)C(F)(F)F.CC(C)C(C)(C(C)C)C(F)(F)F.CCC(C)(CC)[C@](C)(C(C)C)C(F)(F)F.CCC(CC)C(C)(C(CC)CC)C(F)(F)F.CCC(CC)[C@](C)(C(C)C)C(F)(F)F.CCC[C@@](C)(C(C(C)C)C(C)C)C(F)(F)F.CCC[C@@](C)(C(CC)CC)C(F)(F)F.CCC[C@](C)(C(F)(F)F)C(C)(CC)CC. The average Bonchev–Trinajstić information content (AvgIpc) is 0.746. The van der Waals surface area contributed by atoms with Gasteiger partial charge in [0, 0.05) is 0 Å². The van der Waals surface area contributed by atoms with Gasteiger partial charge in [-0.15, -0.1) is 0 Å². The summed E-state index contributed by atoms with van der Waals surface area (Å²) >= 11 is 0. The van der Waals surface area contributed by atoms with Crippen LogP contribution < -0.4 is 0 Å². The van der Waals surface area contributed by atoms with Gasteiger partial charge in [0.05, 0.1) is 43.3 Å². The Kier molecular flexibility index (Phi) is 58.7. The third-order valence-corrected chi connectivity index (χ3v) is 30.6. The second-order valence-electron chi connectivity index (χ2n) is 39.1. The van der Waals surface area contributed by atoms with Crippen molar-refractivity contribution in [3.63, 3.8) is 0 Å². The Morgan fingerprint density at radius 1 is 0.195 bits per heavy atom. The Morgan fingerprint density at radius 3 is 0.534 bits per heavy atom. The highest BCUT2D eigenvalue weighted by atomic mass is 19.4. The fourth-order valence-electron chi connectivity index (χ4n) is 19.8. The van der Waals surface area contributed by atoms with Gasteiger partial charge in [-0.25, -0.2) is 0 Å². The Hall–Kier alpha value is -1.68. The Balaban J connectivity index is -0.000000196. The number of hydrogen-bond donors (Lipinski definition) is 0. The zero-order chi connectivity index (χ0) is 97.4. The first kappa shape index (κ1) is 132. The monoisotopic (exact) mass is 1770 g/mol. The summed E-state index contributed by atoms with van der Waals surface area (Å²) in [5.41, 5.74) is -13.8. The molecular formula is C94H180F24. The Bertz CT molecular complexity index is 2450. The standard InChI is InChI=1S/3C13H25F3.2C12H23F3.2C11H21F3.C9H17F3/c1-8(2)11(9(3)4)12(7,10(5)6)13(14,15)16;1-7-8-12(6,13(14,15)16)11(9(2)3)10(4)5;1-6-10(7-2)12(5,13(14,15)16)11(8-3)9-4;1-7-10(5,8-2)11(6,9(3)4)12(13,14)15;1-6-9-11(5,12(13,14)15)10(4,7-2)8-3;1-6-9(7-2)10(5,8(3)4)11(12,13)14;1-5-8-10(4,11(12,13)14)9(6-2)7-3;1-6(2)8(5,7(3)4)9(10,11)12/h8-11H,1-7H3;9-11H,7-8H2,1-6H3;10-11H,6-9H2,1-5H3;9H,7-8H2,1-6H3;6-9H2,1-5H3;8-9H,6-7H2,1-5H3;9H,5-8H2,1-4H3;6-7H,1-5H3/t2*12-;;2*11-;2*10-;/m00.0000./s1. The maximum atomic E-state index is 13.4. The highest BCUT2D eigenvalue weighted by Crippen LogP contribution is 2.62. The van der Waals surface area contributed by atoms with E-state index in [0.29, 0.717) is 96.3 Å². The van der Waals surface area contributed by atoms with Crippen molar-refractivity contribution in [2.24, 2.45) is 143 Å². The summed E-state index contributed by atoms with van der Waals surface area (Å²) in [6.45, 7) is 73.7. The van der Waals surface area contributed by atoms with Crippen LogP contribution in [0.15, 0.2) is 0 Å². The van der Waals surface area contributed by atoms with Crippen LogP contribution in [0.1, 0.15) is 413 Å². The minimum Gasteiger partial charge on any atom is -0.171 e. The third-order valence-electron chi connectivity index (χ3n) is 30.6. The molecule has 0 bridgehead atoms. The van der Waals surface area contributed by atoms with Crippen molar-refractivity contribution in [1.82, 2.24) is 0 Å². The molecule has 0 amide bonds. The molecule has 0 unspecified atom stereocenters. The third kappa shape index (κ3) is 33.2. The molecule has 0 radical (unpaired) electrons. The van der Waals surface area contributed by atoms with E-state index in [-0.39, 0.29) is 96.2 Å². The number of rotatable bonds is 35. The molecule has 0 heterocycles. The van der Waals surface area contributed by atoms with Crippen molar-refractivity contribution >= 4 is 0 Å². The maximum absolute atomic E-state index is 13.4. The lowest BCUT2D eigenvalue weighted by atomic mass is 9.57. The van der Waals surface area contributed by atoms with Crippen molar-refractivity contribution in [2.75, 3.05) is 0 Å². The van der Waals surface area contributed by atoms with Crippen molar-refractivity contribution in [3.05, 3.63) is 0 Å². The van der Waals surface area contributed by atoms with Crippen LogP contribution in [-0.4, -0.2) is 49.4 Å². The van der Waals surface area contributed by atoms with Crippen molar-refractivity contribution in [2.45, 2.75) is 463 Å². The first-order valence-corrected chi connectivity index (χ1v) is 44.8. The van der Waals surface area contributed by atoms with Gasteiger partial charge in [-0.1, -0.05) is 368 Å². The summed E-state index contributed by atoms with van der Waals surface area (Å²) in [5.74, 6) is -3.45. The van der Waals surface area contributed by atoms with Gasteiger partial charge in [-0.2, -0.15) is 105 Å². The fraction of sp³-hybridized carbons (Fsp3) is 1.00. The highest BCUT2D eigenvalue weighted by Gasteiger charge is 2.65. The van der Waals surface area contributed by atoms with Crippen molar-refractivity contribution in [1.29, 1.82) is 0 Å². The van der Waals surface area contributed by atoms with Crippen LogP contribution in [-0.2, 0) is 0 Å². The van der Waals surface area contributed by atoms with E-state index in [1.165, 1.54) is 55.4 Å². The van der Waals surface area contributed by atoms with Crippen LogP contribution in [0.4, 0.5) is 105 Å². The normalized spacial score (nSPS) is 16.7. The average molecular weight is 1770 g/mol. The molecule has 0 aromatic carbocycles. The van der Waals surface area contributed by atoms with E-state index in [0.717, 1.165) is 0 Å². The van der Waals surface area contributed by atoms with Gasteiger partial charge in [0.1, 0.15) is 0 Å². The van der Waals surface area contributed by atoms with E-state index < -0.39 is 115 Å². The quantitative estimate of drug-likeness (QED) is 0.0555. The fourth-order valence-corrected chi connectivity index (χ4v) is 19.8. The summed E-state index contributed by atoms with van der Waals surface area (Å²) in [6.07, 6.45) is -23.4. The molecular weight excluding hydrogens is 1580 g/mol. The number of hydrogen-bond acceptors (Lipinski definition) is 0. The Morgan fingerprint density at radius 2 is 0.415 bits per heavy atom. The first-order valence-electron chi connectivity index (χ1n) is 44.8. The van der Waals surface area contributed by atoms with Gasteiger partial charge in [0.25, 0.3) is 0 Å². The van der Waals surface area contributed by atoms with Gasteiger partial charge in [-0.3, -0.25) is 0 Å². The molecule has 0 rings (SSSR count). The van der Waals surface area contributed by atoms with Crippen molar-refractivity contribution in [3.8, 4) is 0 Å². The molecule has 24 heteroatoms. The van der Waals surface area contributed by atoms with E-state index in [4.69, 9.17) is 0 Å². The molecule has 0 aromatic rings. The van der Waals surface area contributed by atoms with Gasteiger partial charge in [-0.05, 0) is 145 Å². The minimum atomic E-state index is -4.14. The summed E-state index contributed by atoms with van der Waals surface area (Å²) in [5, 5.41) is 0.